The first-order valence-corrected chi connectivity index (χ1v) is 8.33. The molecule has 2 aromatic carbocycles. The Kier molecular flexibility index (Phi) is 3.97. The maximum absolute atomic E-state index is 12.9. The molecule has 1 aliphatic heterocycles. The molecule has 0 fully saturated rings. The molecule has 1 aromatic heterocycles. The number of carbonyl (C=O) groups is 1. The summed E-state index contributed by atoms with van der Waals surface area (Å²) < 4.78 is 11.2. The largest absolute Gasteiger partial charge is 0.489 e. The van der Waals surface area contributed by atoms with Crippen LogP contribution < -0.4 is 14.4 Å². The highest BCUT2D eigenvalue weighted by Gasteiger charge is 2.22. The Balaban J connectivity index is 1.68. The molecule has 7 heteroatoms. The number of anilines is 1. The summed E-state index contributed by atoms with van der Waals surface area (Å²) in [6.07, 6.45) is 0.771. The van der Waals surface area contributed by atoms with Gasteiger partial charge in [0.25, 0.3) is 5.91 Å². The monoisotopic (exact) mass is 357 g/mol. The molecule has 128 valence electrons. The topological polar surface area (TPSA) is 67.5 Å². The third-order valence-corrected chi connectivity index (χ3v) is 4.33. The second-order valence-electron chi connectivity index (χ2n) is 5.78. The van der Waals surface area contributed by atoms with Crippen molar-refractivity contribution in [3.8, 4) is 11.5 Å². The molecular weight excluding hydrogens is 342 g/mol. The molecule has 0 aliphatic carbocycles. The van der Waals surface area contributed by atoms with Crippen molar-refractivity contribution in [2.24, 2.45) is 0 Å². The molecule has 0 bridgehead atoms. The van der Waals surface area contributed by atoms with Gasteiger partial charge in [-0.2, -0.15) is 0 Å². The average Bonchev–Trinajstić information content (AvgIpc) is 2.91. The van der Waals surface area contributed by atoms with Gasteiger partial charge in [-0.3, -0.25) is 9.69 Å². The van der Waals surface area contributed by atoms with E-state index in [1.165, 1.54) is 4.90 Å². The van der Waals surface area contributed by atoms with Crippen molar-refractivity contribution in [1.82, 2.24) is 9.97 Å². The van der Waals surface area contributed by atoms with Crippen LogP contribution in [0.15, 0.2) is 36.4 Å². The minimum Gasteiger partial charge on any atom is -0.489 e. The second kappa shape index (κ2) is 6.29. The summed E-state index contributed by atoms with van der Waals surface area (Å²) >= 11 is 6.28. The lowest BCUT2D eigenvalue weighted by Gasteiger charge is -2.16. The van der Waals surface area contributed by atoms with Gasteiger partial charge in [-0.15, -0.1) is 0 Å². The molecule has 0 saturated heterocycles. The lowest BCUT2D eigenvalue weighted by atomic mass is 10.1. The molecule has 1 aliphatic rings. The number of H-pyrrole nitrogens is 1. The van der Waals surface area contributed by atoms with Gasteiger partial charge in [0.2, 0.25) is 5.95 Å². The van der Waals surface area contributed by atoms with Gasteiger partial charge >= 0.3 is 0 Å². The van der Waals surface area contributed by atoms with Crippen LogP contribution in [0.25, 0.3) is 11.0 Å². The Morgan fingerprint density at radius 2 is 2.04 bits per heavy atom. The number of halogens is 1. The van der Waals surface area contributed by atoms with Crippen molar-refractivity contribution in [2.75, 3.05) is 25.2 Å². The van der Waals surface area contributed by atoms with Crippen molar-refractivity contribution >= 4 is 34.5 Å². The van der Waals surface area contributed by atoms with E-state index in [2.05, 4.69) is 9.97 Å². The van der Waals surface area contributed by atoms with Gasteiger partial charge in [0.15, 0.2) is 11.5 Å². The number of aromatic amines is 1. The second-order valence-corrected chi connectivity index (χ2v) is 6.18. The maximum atomic E-state index is 12.9. The molecular formula is C18H16ClN3O3. The number of para-hydroxylation sites is 2. The van der Waals surface area contributed by atoms with E-state index in [1.54, 1.807) is 19.2 Å². The van der Waals surface area contributed by atoms with E-state index in [-0.39, 0.29) is 5.91 Å². The highest BCUT2D eigenvalue weighted by atomic mass is 35.5. The summed E-state index contributed by atoms with van der Waals surface area (Å²) in [5.74, 6) is 1.21. The number of ether oxygens (including phenoxy) is 2. The predicted molar refractivity (Wildman–Crippen MR) is 95.9 cm³/mol. The first-order chi connectivity index (χ1) is 12.1. The van der Waals surface area contributed by atoms with Crippen LogP contribution in [0.1, 0.15) is 16.8 Å². The number of nitrogens with one attached hydrogen (secondary N) is 1. The fraction of sp³-hybridized carbons (Fsp3) is 0.222. The Hall–Kier alpha value is -2.73. The minimum absolute atomic E-state index is 0.239. The predicted octanol–water partition coefficient (Wildman–Crippen LogP) is 3.65. The van der Waals surface area contributed by atoms with Crippen molar-refractivity contribution < 1.29 is 14.3 Å². The van der Waals surface area contributed by atoms with Gasteiger partial charge in [0.05, 0.1) is 29.3 Å². The van der Waals surface area contributed by atoms with Crippen LogP contribution >= 0.6 is 11.6 Å². The van der Waals surface area contributed by atoms with Gasteiger partial charge in [-0.1, -0.05) is 23.7 Å². The van der Waals surface area contributed by atoms with E-state index in [0.29, 0.717) is 41.2 Å². The molecule has 2 heterocycles. The molecule has 0 spiro atoms. The van der Waals surface area contributed by atoms with Gasteiger partial charge in [-0.05, 0) is 24.3 Å². The van der Waals surface area contributed by atoms with Crippen molar-refractivity contribution in [1.29, 1.82) is 0 Å². The zero-order chi connectivity index (χ0) is 17.4. The number of fused-ring (bicyclic) bond motifs is 2. The van der Waals surface area contributed by atoms with Gasteiger partial charge in [0.1, 0.15) is 0 Å². The first-order valence-electron chi connectivity index (χ1n) is 7.95. The number of nitrogens with zero attached hydrogens (tertiary/aromatic N) is 2. The van der Waals surface area contributed by atoms with Crippen LogP contribution in [0.5, 0.6) is 11.5 Å². The number of aromatic nitrogens is 2. The number of benzene rings is 2. The average molecular weight is 358 g/mol. The van der Waals surface area contributed by atoms with Crippen LogP contribution in [0.4, 0.5) is 5.95 Å². The Bertz CT molecular complexity index is 921. The number of hydrogen-bond acceptors (Lipinski definition) is 4. The SMILES string of the molecule is CN(C(=O)c1cc(Cl)c2c(c1)OCCCO2)c1nc2ccccc2[nH]1. The number of carbonyl (C=O) groups excluding carboxylic acids is 1. The van der Waals surface area contributed by atoms with E-state index >= 15 is 0 Å². The van der Waals surface area contributed by atoms with Gasteiger partial charge < -0.3 is 14.5 Å². The van der Waals surface area contributed by atoms with E-state index in [9.17, 15) is 4.79 Å². The van der Waals surface area contributed by atoms with Crippen molar-refractivity contribution in [3.63, 3.8) is 0 Å². The maximum Gasteiger partial charge on any atom is 0.260 e. The lowest BCUT2D eigenvalue weighted by Crippen LogP contribution is -2.27. The summed E-state index contributed by atoms with van der Waals surface area (Å²) in [6.45, 7) is 1.07. The van der Waals surface area contributed by atoms with Crippen molar-refractivity contribution in [3.05, 3.63) is 47.0 Å². The lowest BCUT2D eigenvalue weighted by molar-refractivity contribution is 0.0991. The summed E-state index contributed by atoms with van der Waals surface area (Å²) in [7, 11) is 1.66. The Labute approximate surface area is 149 Å². The van der Waals surface area contributed by atoms with Crippen LogP contribution in [-0.2, 0) is 0 Å². The molecule has 0 atom stereocenters. The number of amides is 1. The first kappa shape index (κ1) is 15.8. The van der Waals surface area contributed by atoms with Crippen molar-refractivity contribution in [2.45, 2.75) is 6.42 Å². The fourth-order valence-corrected chi connectivity index (χ4v) is 3.01. The summed E-state index contributed by atoms with van der Waals surface area (Å²) in [4.78, 5) is 21.9. The van der Waals surface area contributed by atoms with Crippen LogP contribution in [-0.4, -0.2) is 36.1 Å². The van der Waals surface area contributed by atoms with Crippen LogP contribution in [0.3, 0.4) is 0 Å². The van der Waals surface area contributed by atoms with E-state index in [0.717, 1.165) is 17.5 Å². The molecule has 1 N–H and O–H groups in total. The van der Waals surface area contributed by atoms with Gasteiger partial charge in [0, 0.05) is 19.0 Å². The molecule has 0 saturated carbocycles. The number of hydrogen-bond donors (Lipinski definition) is 1. The molecule has 4 rings (SSSR count). The normalized spacial score (nSPS) is 13.5. The Morgan fingerprint density at radius 3 is 2.88 bits per heavy atom. The van der Waals surface area contributed by atoms with Crippen LogP contribution in [0, 0.1) is 0 Å². The quantitative estimate of drug-likeness (QED) is 0.760. The van der Waals surface area contributed by atoms with E-state index in [4.69, 9.17) is 21.1 Å². The number of imidazole rings is 1. The zero-order valence-electron chi connectivity index (χ0n) is 13.6. The zero-order valence-corrected chi connectivity index (χ0v) is 14.3. The van der Waals surface area contributed by atoms with E-state index < -0.39 is 0 Å². The molecule has 1 amide bonds. The smallest absolute Gasteiger partial charge is 0.260 e. The molecule has 25 heavy (non-hydrogen) atoms. The molecule has 0 unspecified atom stereocenters. The third kappa shape index (κ3) is 2.89. The van der Waals surface area contributed by atoms with Crippen LogP contribution in [0.2, 0.25) is 5.02 Å². The molecule has 6 nitrogen and oxygen atoms in total. The standard InChI is InChI=1S/C18H16ClN3O3/c1-22(18-20-13-5-2-3-6-14(13)21-18)17(23)11-9-12(19)16-15(10-11)24-7-4-8-25-16/h2-3,5-6,9-10H,4,7-8H2,1H3,(H,20,21). The summed E-state index contributed by atoms with van der Waals surface area (Å²) in [6, 6.07) is 10.9. The summed E-state index contributed by atoms with van der Waals surface area (Å²) in [5.41, 5.74) is 2.08. The minimum atomic E-state index is -0.239. The third-order valence-electron chi connectivity index (χ3n) is 4.05. The summed E-state index contributed by atoms with van der Waals surface area (Å²) in [5, 5.41) is 0.362. The fourth-order valence-electron chi connectivity index (χ4n) is 2.74. The highest BCUT2D eigenvalue weighted by molar-refractivity contribution is 6.32. The van der Waals surface area contributed by atoms with Gasteiger partial charge in [-0.25, -0.2) is 4.98 Å². The highest BCUT2D eigenvalue weighted by Crippen LogP contribution is 2.38. The Morgan fingerprint density at radius 1 is 1.24 bits per heavy atom. The molecule has 3 aromatic rings. The number of rotatable bonds is 2. The molecule has 0 radical (unpaired) electrons. The van der Waals surface area contributed by atoms with E-state index in [1.807, 2.05) is 24.3 Å².